The van der Waals surface area contributed by atoms with Crippen molar-refractivity contribution >= 4 is 53.5 Å². The molecule has 0 spiro atoms. The fourth-order valence-electron chi connectivity index (χ4n) is 0. The molecule has 0 atom stereocenters. The topological polar surface area (TPSA) is 158 Å². The summed E-state index contributed by atoms with van der Waals surface area (Å²) >= 11 is 0. The van der Waals surface area contributed by atoms with Crippen molar-refractivity contribution in [3.63, 3.8) is 0 Å². The molecule has 0 saturated heterocycles. The third-order valence-corrected chi connectivity index (χ3v) is 0. The Balaban J connectivity index is 0. The zero-order chi connectivity index (χ0) is 0. The summed E-state index contributed by atoms with van der Waals surface area (Å²) in [6.45, 7) is 0. The van der Waals surface area contributed by atoms with Crippen LogP contribution in [0, 0.1) is 0 Å². The quantitative estimate of drug-likeness (QED) is 0.366. The summed E-state index contributed by atoms with van der Waals surface area (Å²) in [5.41, 5.74) is 0. The van der Waals surface area contributed by atoms with Crippen molar-refractivity contribution in [2.45, 2.75) is 0 Å². The van der Waals surface area contributed by atoms with Crippen molar-refractivity contribution in [3.05, 3.63) is 0 Å². The van der Waals surface area contributed by atoms with Gasteiger partial charge < -0.3 is 27.4 Å². The van der Waals surface area contributed by atoms with Gasteiger partial charge in [-0.25, -0.2) is 0 Å². The molecule has 0 fully saturated rings. The molecule has 0 aliphatic heterocycles. The first kappa shape index (κ1) is 194. The van der Waals surface area contributed by atoms with Crippen LogP contribution in [0.3, 0.4) is 0 Å². The van der Waals surface area contributed by atoms with E-state index in [0.29, 0.717) is 0 Å². The fraction of sp³-hybridized carbons (Fsp3) is 0. The second-order valence-electron chi connectivity index (χ2n) is 0. The number of hydrogen-bond acceptors (Lipinski definition) is 0. The van der Waals surface area contributed by atoms with Gasteiger partial charge >= 0.3 is 0 Å². The largest absolute Gasteiger partial charge is 0.412 e. The molecule has 0 aromatic rings. The number of hydrogen-bond donors (Lipinski definition) is 0. The van der Waals surface area contributed by atoms with E-state index in [9.17, 15) is 0 Å². The zero-order valence-corrected chi connectivity index (χ0v) is 8.85. The van der Waals surface area contributed by atoms with E-state index in [1.807, 2.05) is 0 Å². The van der Waals surface area contributed by atoms with E-state index in [0.717, 1.165) is 0 Å². The Hall–Kier alpha value is 1.60. The molecule has 7 heavy (non-hydrogen) atoms. The molecule has 0 bridgehead atoms. The first-order valence-electron chi connectivity index (χ1n) is 0. The van der Waals surface area contributed by atoms with Crippen LogP contribution < -0.4 is 0 Å². The Morgan fingerprint density at radius 3 is 0.429 bits per heavy atom. The van der Waals surface area contributed by atoms with E-state index in [2.05, 4.69) is 0 Å². The van der Waals surface area contributed by atoms with Gasteiger partial charge in [0.2, 0.25) is 0 Å². The van der Waals surface area contributed by atoms with Crippen molar-refractivity contribution in [2.24, 2.45) is 0 Å². The maximum atomic E-state index is 0. The average molecular weight is 232 g/mol. The summed E-state index contributed by atoms with van der Waals surface area (Å²) in [7, 11) is 0. The van der Waals surface area contributed by atoms with E-state index in [-0.39, 0.29) is 80.8 Å². The van der Waals surface area contributed by atoms with E-state index in [4.69, 9.17) is 0 Å². The summed E-state index contributed by atoms with van der Waals surface area (Å²) in [6, 6.07) is 0. The third kappa shape index (κ3) is 93.2. The summed E-state index contributed by atoms with van der Waals surface area (Å²) in [5, 5.41) is 0. The first-order chi connectivity index (χ1) is 0. The Bertz CT molecular complexity index is 8.04. The molecule has 7 heteroatoms. The minimum absolute atomic E-state index is 0. The van der Waals surface area contributed by atoms with Crippen molar-refractivity contribution in [1.82, 2.24) is 0 Å². The van der Waals surface area contributed by atoms with Gasteiger partial charge in [-0.1, -0.05) is 0 Å². The van der Waals surface area contributed by atoms with Crippen LogP contribution in [0.4, 0.5) is 0 Å². The molecule has 0 aliphatic rings. The van der Waals surface area contributed by atoms with Crippen molar-refractivity contribution in [1.29, 1.82) is 0 Å². The maximum absolute atomic E-state index is 0. The van der Waals surface area contributed by atoms with E-state index in [1.165, 1.54) is 0 Å². The molecule has 0 rings (SSSR count). The maximum Gasteiger partial charge on any atom is 0 e. The molecule has 0 unspecified atom stereocenters. The van der Waals surface area contributed by atoms with Crippen molar-refractivity contribution < 1.29 is 27.4 Å². The monoisotopic (exact) mass is 233 g/mol. The fourth-order valence-corrected chi connectivity index (χ4v) is 0. The predicted molar refractivity (Wildman–Crippen MR) is 29.6 cm³/mol. The molecule has 0 heterocycles. The van der Waals surface area contributed by atoms with Gasteiger partial charge in [-0.3, -0.25) is 0 Å². The van der Waals surface area contributed by atoms with Gasteiger partial charge in [0.1, 0.15) is 0 Å². The minimum Gasteiger partial charge on any atom is -0.412 e. The zero-order valence-electron chi connectivity index (χ0n) is 4.00. The van der Waals surface area contributed by atoms with Gasteiger partial charge in [-0.2, -0.15) is 0 Å². The first-order valence-corrected chi connectivity index (χ1v) is 0. The molecular weight excluding hydrogens is 222 g/mol. The standard InChI is InChI=1S/Na.5H2O.Sn/h;5*1H2;. The Morgan fingerprint density at radius 2 is 0.429 bits per heavy atom. The van der Waals surface area contributed by atoms with Gasteiger partial charge in [-0.05, 0) is 0 Å². The van der Waals surface area contributed by atoms with Crippen LogP contribution in [0.2, 0.25) is 0 Å². The van der Waals surface area contributed by atoms with Gasteiger partial charge in [0.25, 0.3) is 0 Å². The van der Waals surface area contributed by atoms with Crippen LogP contribution in [0.1, 0.15) is 0 Å². The smallest absolute Gasteiger partial charge is 0 e. The Morgan fingerprint density at radius 1 is 0.429 bits per heavy atom. The Labute approximate surface area is 80.3 Å². The molecule has 0 saturated carbocycles. The van der Waals surface area contributed by atoms with Crippen molar-refractivity contribution in [2.75, 3.05) is 0 Å². The van der Waals surface area contributed by atoms with E-state index < -0.39 is 0 Å². The van der Waals surface area contributed by atoms with Gasteiger partial charge in [0, 0.05) is 53.5 Å². The molecule has 0 aliphatic carbocycles. The summed E-state index contributed by atoms with van der Waals surface area (Å²) in [4.78, 5) is 0. The van der Waals surface area contributed by atoms with Crippen LogP contribution in [0.25, 0.3) is 0 Å². The van der Waals surface area contributed by atoms with Gasteiger partial charge in [0.15, 0.2) is 0 Å². The number of rotatable bonds is 0. The molecule has 5 radical (unpaired) electrons. The molecule has 0 aromatic heterocycles. The average Bonchev–Trinajstić information content (AvgIpc) is 0. The molecule has 10 N–H and O–H groups in total. The molecule has 0 aromatic carbocycles. The molecule has 5 nitrogen and oxygen atoms in total. The van der Waals surface area contributed by atoms with Gasteiger partial charge in [0.05, 0.1) is 0 Å². The van der Waals surface area contributed by atoms with Crippen LogP contribution in [0.15, 0.2) is 0 Å². The minimum atomic E-state index is 0. The normalized spacial score (nSPS) is 0. The summed E-state index contributed by atoms with van der Waals surface area (Å²) in [6.07, 6.45) is 0. The predicted octanol–water partition coefficient (Wildman–Crippen LogP) is -4.89. The molecule has 45 valence electrons. The Kier molecular flexibility index (Phi) is 3590. The van der Waals surface area contributed by atoms with Crippen LogP contribution in [-0.4, -0.2) is 80.8 Å². The summed E-state index contributed by atoms with van der Waals surface area (Å²) in [5.74, 6) is 0. The van der Waals surface area contributed by atoms with Gasteiger partial charge in [-0.15, -0.1) is 0 Å². The third-order valence-electron chi connectivity index (χ3n) is 0. The second-order valence-corrected chi connectivity index (χ2v) is 0. The van der Waals surface area contributed by atoms with Crippen LogP contribution in [-0.2, 0) is 0 Å². The molecule has 0 amide bonds. The SMILES string of the molecule is O.O.O.O.O.[Na].[Sn]. The van der Waals surface area contributed by atoms with Crippen LogP contribution in [0.5, 0.6) is 0 Å². The van der Waals surface area contributed by atoms with Crippen LogP contribution >= 0.6 is 0 Å². The van der Waals surface area contributed by atoms with Crippen molar-refractivity contribution in [3.8, 4) is 0 Å². The van der Waals surface area contributed by atoms with E-state index in [1.54, 1.807) is 0 Å². The van der Waals surface area contributed by atoms with E-state index >= 15 is 0 Å². The second kappa shape index (κ2) is 129. The summed E-state index contributed by atoms with van der Waals surface area (Å²) < 4.78 is 0. The molecular formula is H10NaO5Sn.